The Morgan fingerprint density at radius 2 is 2.26 bits per heavy atom. The van der Waals surface area contributed by atoms with Crippen LogP contribution in [0.3, 0.4) is 0 Å². The number of nitro groups is 1. The maximum Gasteiger partial charge on any atom is 0.348 e. The minimum atomic E-state index is -0.635. The zero-order valence-electron chi connectivity index (χ0n) is 11.6. The fourth-order valence-corrected chi connectivity index (χ4v) is 3.09. The summed E-state index contributed by atoms with van der Waals surface area (Å²) in [6, 6.07) is 6.01. The monoisotopic (exact) mass is 355 g/mol. The number of hydrogen-bond donors (Lipinski definition) is 0. The zero-order chi connectivity index (χ0) is 16.4. The summed E-state index contributed by atoms with van der Waals surface area (Å²) in [4.78, 5) is 22.2. The van der Waals surface area contributed by atoms with E-state index in [0.29, 0.717) is 22.9 Å². The van der Waals surface area contributed by atoms with Crippen LogP contribution in [0.2, 0.25) is 5.02 Å². The van der Waals surface area contributed by atoms with Crippen molar-refractivity contribution in [3.8, 4) is 5.75 Å². The SMILES string of the molecule is O=C(OCc1cc(Cl)cc2c1OCOC2)c1ccc([N+](=O)[O-])s1. The highest BCUT2D eigenvalue weighted by molar-refractivity contribution is 7.17. The van der Waals surface area contributed by atoms with E-state index < -0.39 is 10.9 Å². The van der Waals surface area contributed by atoms with Gasteiger partial charge in [-0.15, -0.1) is 0 Å². The van der Waals surface area contributed by atoms with Crippen molar-refractivity contribution in [3.63, 3.8) is 0 Å². The first-order valence-electron chi connectivity index (χ1n) is 6.48. The van der Waals surface area contributed by atoms with E-state index in [1.165, 1.54) is 12.1 Å². The summed E-state index contributed by atoms with van der Waals surface area (Å²) >= 11 is 6.79. The number of rotatable bonds is 4. The molecular weight excluding hydrogens is 346 g/mol. The Kier molecular flexibility index (Phi) is 4.46. The van der Waals surface area contributed by atoms with Gasteiger partial charge in [-0.1, -0.05) is 22.9 Å². The normalized spacial score (nSPS) is 13.1. The largest absolute Gasteiger partial charge is 0.467 e. The molecular formula is C14H10ClNO6S. The number of carbonyl (C=O) groups excluding carboxylic acids is 1. The van der Waals surface area contributed by atoms with Crippen LogP contribution in [0.1, 0.15) is 20.8 Å². The summed E-state index contributed by atoms with van der Waals surface area (Å²) in [5.74, 6) is -0.0468. The minimum Gasteiger partial charge on any atom is -0.467 e. The molecule has 0 saturated heterocycles. The molecule has 0 unspecified atom stereocenters. The molecule has 23 heavy (non-hydrogen) atoms. The standard InChI is InChI=1S/C14H10ClNO6S/c15-10-3-8-5-20-7-22-13(8)9(4-10)6-21-14(17)11-1-2-12(23-11)16(18)19/h1-4H,5-7H2. The van der Waals surface area contributed by atoms with Crippen molar-refractivity contribution in [2.75, 3.05) is 6.79 Å². The highest BCUT2D eigenvalue weighted by Gasteiger charge is 2.20. The van der Waals surface area contributed by atoms with Crippen molar-refractivity contribution in [2.45, 2.75) is 13.2 Å². The van der Waals surface area contributed by atoms with Crippen molar-refractivity contribution in [1.29, 1.82) is 0 Å². The number of nitrogens with zero attached hydrogens (tertiary/aromatic N) is 1. The Hall–Kier alpha value is -2.16. The van der Waals surface area contributed by atoms with Crippen molar-refractivity contribution in [3.05, 3.63) is 55.4 Å². The van der Waals surface area contributed by atoms with E-state index in [9.17, 15) is 14.9 Å². The summed E-state index contributed by atoms with van der Waals surface area (Å²) in [7, 11) is 0. The Balaban J connectivity index is 1.74. The number of esters is 1. The van der Waals surface area contributed by atoms with Gasteiger partial charge in [0.1, 0.15) is 17.2 Å². The molecule has 0 radical (unpaired) electrons. The van der Waals surface area contributed by atoms with Crippen LogP contribution in [0.4, 0.5) is 5.00 Å². The average molecular weight is 356 g/mol. The number of benzene rings is 1. The van der Waals surface area contributed by atoms with Crippen LogP contribution < -0.4 is 4.74 Å². The predicted molar refractivity (Wildman–Crippen MR) is 81.8 cm³/mol. The van der Waals surface area contributed by atoms with Gasteiger partial charge in [-0.2, -0.15) is 0 Å². The highest BCUT2D eigenvalue weighted by Crippen LogP contribution is 2.32. The van der Waals surface area contributed by atoms with E-state index in [2.05, 4.69) is 0 Å². The Bertz CT molecular complexity index is 775. The molecule has 0 spiro atoms. The predicted octanol–water partition coefficient (Wildman–Crippen LogP) is 3.53. The molecule has 2 heterocycles. The van der Waals surface area contributed by atoms with Gasteiger partial charge in [0.25, 0.3) is 0 Å². The Labute approximate surface area is 139 Å². The number of halogens is 1. The third-order valence-electron chi connectivity index (χ3n) is 3.08. The molecule has 0 aliphatic carbocycles. The molecule has 1 aromatic heterocycles. The van der Waals surface area contributed by atoms with Gasteiger partial charge in [0, 0.05) is 22.2 Å². The lowest BCUT2D eigenvalue weighted by molar-refractivity contribution is -0.380. The molecule has 120 valence electrons. The second-order valence-corrected chi connectivity index (χ2v) is 6.13. The first kappa shape index (κ1) is 15.7. The van der Waals surface area contributed by atoms with E-state index in [1.807, 2.05) is 0 Å². The fraction of sp³-hybridized carbons (Fsp3) is 0.214. The molecule has 7 nitrogen and oxygen atoms in total. The lowest BCUT2D eigenvalue weighted by Gasteiger charge is -2.20. The molecule has 1 aliphatic heterocycles. The quantitative estimate of drug-likeness (QED) is 0.473. The summed E-state index contributed by atoms with van der Waals surface area (Å²) in [6.45, 7) is 0.439. The molecule has 0 amide bonds. The number of ether oxygens (including phenoxy) is 3. The maximum absolute atomic E-state index is 12.0. The maximum atomic E-state index is 12.0. The van der Waals surface area contributed by atoms with Crippen molar-refractivity contribution < 1.29 is 23.9 Å². The fourth-order valence-electron chi connectivity index (χ4n) is 2.11. The number of carbonyl (C=O) groups is 1. The van der Waals surface area contributed by atoms with Crippen molar-refractivity contribution in [2.24, 2.45) is 0 Å². The number of fused-ring (bicyclic) bond motifs is 1. The van der Waals surface area contributed by atoms with Crippen LogP contribution >= 0.6 is 22.9 Å². The van der Waals surface area contributed by atoms with E-state index in [0.717, 1.165) is 16.9 Å². The summed E-state index contributed by atoms with van der Waals surface area (Å²) < 4.78 is 15.8. The van der Waals surface area contributed by atoms with Crippen molar-refractivity contribution in [1.82, 2.24) is 0 Å². The zero-order valence-corrected chi connectivity index (χ0v) is 13.2. The summed E-state index contributed by atoms with van der Waals surface area (Å²) in [5, 5.41) is 11.0. The van der Waals surface area contributed by atoms with Gasteiger partial charge in [0.05, 0.1) is 11.5 Å². The summed E-state index contributed by atoms with van der Waals surface area (Å²) in [6.07, 6.45) is 0. The molecule has 0 fully saturated rings. The number of hydrogen-bond acceptors (Lipinski definition) is 7. The first-order chi connectivity index (χ1) is 11.0. The lowest BCUT2D eigenvalue weighted by atomic mass is 10.1. The van der Waals surface area contributed by atoms with Gasteiger partial charge >= 0.3 is 11.0 Å². The molecule has 0 saturated carbocycles. The molecule has 1 aliphatic rings. The second-order valence-electron chi connectivity index (χ2n) is 4.63. The number of thiophene rings is 1. The second kappa shape index (κ2) is 6.53. The Morgan fingerprint density at radius 1 is 1.43 bits per heavy atom. The van der Waals surface area contributed by atoms with E-state index >= 15 is 0 Å². The first-order valence-corrected chi connectivity index (χ1v) is 7.67. The van der Waals surface area contributed by atoms with Gasteiger partial charge in [0.2, 0.25) is 0 Å². The van der Waals surface area contributed by atoms with Gasteiger partial charge in [-0.25, -0.2) is 4.79 Å². The minimum absolute atomic E-state index is 0.0482. The van der Waals surface area contributed by atoms with E-state index in [1.54, 1.807) is 12.1 Å². The van der Waals surface area contributed by atoms with Crippen LogP contribution in [0.5, 0.6) is 5.75 Å². The van der Waals surface area contributed by atoms with Gasteiger partial charge in [0.15, 0.2) is 6.79 Å². The third-order valence-corrected chi connectivity index (χ3v) is 4.32. The van der Waals surface area contributed by atoms with Crippen molar-refractivity contribution >= 4 is 33.9 Å². The van der Waals surface area contributed by atoms with Crippen LogP contribution in [-0.2, 0) is 22.7 Å². The van der Waals surface area contributed by atoms with E-state index in [4.69, 9.17) is 25.8 Å². The van der Waals surface area contributed by atoms with Crippen LogP contribution in [0.25, 0.3) is 0 Å². The smallest absolute Gasteiger partial charge is 0.348 e. The lowest BCUT2D eigenvalue weighted by Crippen LogP contribution is -2.14. The van der Waals surface area contributed by atoms with E-state index in [-0.39, 0.29) is 23.3 Å². The van der Waals surface area contributed by atoms with Gasteiger partial charge in [-0.3, -0.25) is 10.1 Å². The van der Waals surface area contributed by atoms with Crippen LogP contribution in [0.15, 0.2) is 24.3 Å². The third kappa shape index (κ3) is 3.44. The molecule has 0 bridgehead atoms. The molecule has 0 N–H and O–H groups in total. The van der Waals surface area contributed by atoms with Crippen LogP contribution in [0, 0.1) is 10.1 Å². The van der Waals surface area contributed by atoms with Gasteiger partial charge in [-0.05, 0) is 18.2 Å². The van der Waals surface area contributed by atoms with Crippen LogP contribution in [-0.4, -0.2) is 17.7 Å². The highest BCUT2D eigenvalue weighted by atomic mass is 35.5. The average Bonchev–Trinajstić information content (AvgIpc) is 3.02. The molecule has 9 heteroatoms. The Morgan fingerprint density at radius 3 is 3.00 bits per heavy atom. The van der Waals surface area contributed by atoms with Gasteiger partial charge < -0.3 is 14.2 Å². The molecule has 0 atom stereocenters. The summed E-state index contributed by atoms with van der Waals surface area (Å²) in [5.41, 5.74) is 1.40. The molecule has 1 aromatic carbocycles. The molecule has 3 rings (SSSR count). The topological polar surface area (TPSA) is 87.9 Å². The molecule has 2 aromatic rings.